The molecular weight excluding hydrogens is 314 g/mol. The van der Waals surface area contributed by atoms with Crippen LogP contribution in [0.4, 0.5) is 0 Å². The molecule has 2 rings (SSSR count). The van der Waals surface area contributed by atoms with Gasteiger partial charge in [-0.1, -0.05) is 19.1 Å². The van der Waals surface area contributed by atoms with E-state index in [1.807, 2.05) is 19.1 Å². The zero-order valence-corrected chi connectivity index (χ0v) is 13.8. The minimum absolute atomic E-state index is 0.0671. The van der Waals surface area contributed by atoms with Crippen molar-refractivity contribution in [2.75, 3.05) is 6.54 Å². The van der Waals surface area contributed by atoms with Gasteiger partial charge in [0, 0.05) is 18.3 Å². The summed E-state index contributed by atoms with van der Waals surface area (Å²) in [6.07, 6.45) is 1.65. The third-order valence-electron chi connectivity index (χ3n) is 3.22. The molecule has 0 saturated carbocycles. The van der Waals surface area contributed by atoms with Gasteiger partial charge < -0.3 is 5.32 Å². The van der Waals surface area contributed by atoms with Gasteiger partial charge in [-0.3, -0.25) is 9.78 Å². The van der Waals surface area contributed by atoms with Crippen molar-refractivity contribution >= 4 is 15.9 Å². The van der Waals surface area contributed by atoms with Crippen molar-refractivity contribution in [1.29, 1.82) is 0 Å². The number of sulfonamides is 1. The average molecular weight is 333 g/mol. The molecule has 1 unspecified atom stereocenters. The van der Waals surface area contributed by atoms with Gasteiger partial charge in [-0.15, -0.1) is 0 Å². The van der Waals surface area contributed by atoms with Crippen LogP contribution < -0.4 is 10.0 Å². The predicted molar refractivity (Wildman–Crippen MR) is 87.4 cm³/mol. The molecule has 1 heterocycles. The molecule has 0 spiro atoms. The lowest BCUT2D eigenvalue weighted by Gasteiger charge is -2.14. The molecule has 2 aromatic rings. The van der Waals surface area contributed by atoms with Crippen molar-refractivity contribution in [3.8, 4) is 0 Å². The summed E-state index contributed by atoms with van der Waals surface area (Å²) in [5.74, 6) is -0.350. The summed E-state index contributed by atoms with van der Waals surface area (Å²) in [6, 6.07) is 11.1. The maximum atomic E-state index is 12.3. The number of hydrogen-bond donors (Lipinski definition) is 2. The Kier molecular flexibility index (Phi) is 5.46. The Morgan fingerprint density at radius 3 is 2.65 bits per heavy atom. The molecule has 23 heavy (non-hydrogen) atoms. The summed E-state index contributed by atoms with van der Waals surface area (Å²) in [5.41, 5.74) is 1.02. The number of carbonyl (C=O) groups is 1. The summed E-state index contributed by atoms with van der Waals surface area (Å²) < 4.78 is 26.4. The van der Waals surface area contributed by atoms with Crippen LogP contribution in [0.15, 0.2) is 53.6 Å². The average Bonchev–Trinajstić information content (AvgIpc) is 2.55. The van der Waals surface area contributed by atoms with Gasteiger partial charge in [-0.25, -0.2) is 13.1 Å². The number of benzene rings is 1. The van der Waals surface area contributed by atoms with E-state index in [9.17, 15) is 13.2 Å². The first-order valence-corrected chi connectivity index (χ1v) is 8.74. The number of pyridine rings is 1. The Balaban J connectivity index is 2.17. The number of carbonyl (C=O) groups excluding carboxylic acids is 1. The van der Waals surface area contributed by atoms with Gasteiger partial charge in [0.25, 0.3) is 5.91 Å². The maximum Gasteiger partial charge on any atom is 0.251 e. The van der Waals surface area contributed by atoms with Gasteiger partial charge in [0.15, 0.2) is 0 Å². The van der Waals surface area contributed by atoms with E-state index in [4.69, 9.17) is 0 Å². The standard InChI is InChI=1S/C16H19N3O3S/c1-3-18-23(21,22)14-8-6-7-13(11-14)16(20)19-12(2)15-9-4-5-10-17-15/h4-12,18H,3H2,1-2H3,(H,19,20). The summed E-state index contributed by atoms with van der Waals surface area (Å²) in [5, 5.41) is 2.81. The number of nitrogens with one attached hydrogen (secondary N) is 2. The van der Waals surface area contributed by atoms with Crippen molar-refractivity contribution in [3.05, 3.63) is 59.9 Å². The molecular formula is C16H19N3O3S. The minimum Gasteiger partial charge on any atom is -0.344 e. The molecule has 1 aromatic heterocycles. The fourth-order valence-electron chi connectivity index (χ4n) is 2.06. The fraction of sp³-hybridized carbons (Fsp3) is 0.250. The fourth-order valence-corrected chi connectivity index (χ4v) is 3.15. The highest BCUT2D eigenvalue weighted by Gasteiger charge is 2.17. The first-order valence-electron chi connectivity index (χ1n) is 7.25. The number of hydrogen-bond acceptors (Lipinski definition) is 4. The molecule has 122 valence electrons. The van der Waals surface area contributed by atoms with E-state index in [0.29, 0.717) is 0 Å². The van der Waals surface area contributed by atoms with Crippen molar-refractivity contribution in [3.63, 3.8) is 0 Å². The van der Waals surface area contributed by atoms with E-state index >= 15 is 0 Å². The van der Waals surface area contributed by atoms with Crippen LogP contribution in [0.2, 0.25) is 0 Å². The molecule has 6 nitrogen and oxygen atoms in total. The van der Waals surface area contributed by atoms with E-state index in [0.717, 1.165) is 5.69 Å². The molecule has 0 aliphatic rings. The highest BCUT2D eigenvalue weighted by atomic mass is 32.2. The van der Waals surface area contributed by atoms with Gasteiger partial charge in [0.2, 0.25) is 10.0 Å². The van der Waals surface area contributed by atoms with Crippen LogP contribution in [0.5, 0.6) is 0 Å². The van der Waals surface area contributed by atoms with Crippen LogP contribution in [0.25, 0.3) is 0 Å². The number of amides is 1. The first kappa shape index (κ1) is 17.1. The lowest BCUT2D eigenvalue weighted by Crippen LogP contribution is -2.28. The van der Waals surface area contributed by atoms with Crippen LogP contribution in [-0.2, 0) is 10.0 Å². The Hall–Kier alpha value is -2.25. The number of rotatable bonds is 6. The zero-order valence-electron chi connectivity index (χ0n) is 13.0. The zero-order chi connectivity index (χ0) is 16.9. The molecule has 0 aliphatic heterocycles. The van der Waals surface area contributed by atoms with Gasteiger partial charge in [0.1, 0.15) is 0 Å². The van der Waals surface area contributed by atoms with Crippen molar-refractivity contribution in [2.45, 2.75) is 24.8 Å². The predicted octanol–water partition coefficient (Wildman–Crippen LogP) is 1.87. The lowest BCUT2D eigenvalue weighted by atomic mass is 10.1. The molecule has 1 amide bonds. The van der Waals surface area contributed by atoms with Crippen LogP contribution in [0, 0.1) is 0 Å². The second-order valence-corrected chi connectivity index (χ2v) is 6.75. The monoisotopic (exact) mass is 333 g/mol. The SMILES string of the molecule is CCNS(=O)(=O)c1cccc(C(=O)NC(C)c2ccccn2)c1. The molecule has 1 atom stereocenters. The van der Waals surface area contributed by atoms with Gasteiger partial charge >= 0.3 is 0 Å². The van der Waals surface area contributed by atoms with Crippen molar-refractivity contribution in [1.82, 2.24) is 15.0 Å². The summed E-state index contributed by atoms with van der Waals surface area (Å²) in [4.78, 5) is 16.6. The normalized spacial score (nSPS) is 12.6. The Bertz CT molecular complexity index is 776. The number of aromatic nitrogens is 1. The Morgan fingerprint density at radius 1 is 1.22 bits per heavy atom. The quantitative estimate of drug-likeness (QED) is 0.845. The molecule has 0 bridgehead atoms. The molecule has 0 aliphatic carbocycles. The van der Waals surface area contributed by atoms with E-state index in [1.165, 1.54) is 12.1 Å². The van der Waals surface area contributed by atoms with Gasteiger partial charge in [0.05, 0.1) is 16.6 Å². The van der Waals surface area contributed by atoms with E-state index < -0.39 is 10.0 Å². The maximum absolute atomic E-state index is 12.3. The van der Waals surface area contributed by atoms with Gasteiger partial charge in [-0.2, -0.15) is 0 Å². The van der Waals surface area contributed by atoms with Crippen molar-refractivity contribution in [2.24, 2.45) is 0 Å². The lowest BCUT2D eigenvalue weighted by molar-refractivity contribution is 0.0939. The smallest absolute Gasteiger partial charge is 0.251 e. The van der Waals surface area contributed by atoms with E-state index in [-0.39, 0.29) is 29.0 Å². The highest BCUT2D eigenvalue weighted by molar-refractivity contribution is 7.89. The highest BCUT2D eigenvalue weighted by Crippen LogP contribution is 2.14. The molecule has 7 heteroatoms. The van der Waals surface area contributed by atoms with Gasteiger partial charge in [-0.05, 0) is 37.3 Å². The third-order valence-corrected chi connectivity index (χ3v) is 4.76. The Morgan fingerprint density at radius 2 is 2.00 bits per heavy atom. The third kappa shape index (κ3) is 4.37. The molecule has 0 saturated heterocycles. The van der Waals surface area contributed by atoms with E-state index in [1.54, 1.807) is 31.3 Å². The minimum atomic E-state index is -3.59. The topological polar surface area (TPSA) is 88.2 Å². The molecule has 1 aromatic carbocycles. The largest absolute Gasteiger partial charge is 0.344 e. The summed E-state index contributed by atoms with van der Waals surface area (Å²) in [6.45, 7) is 3.80. The number of nitrogens with zero attached hydrogens (tertiary/aromatic N) is 1. The molecule has 0 radical (unpaired) electrons. The van der Waals surface area contributed by atoms with Crippen LogP contribution in [0.3, 0.4) is 0 Å². The first-order chi connectivity index (χ1) is 10.9. The Labute approximate surface area is 136 Å². The van der Waals surface area contributed by atoms with E-state index in [2.05, 4.69) is 15.0 Å². The molecule has 0 fully saturated rings. The summed E-state index contributed by atoms with van der Waals surface area (Å²) >= 11 is 0. The second kappa shape index (κ2) is 7.34. The summed E-state index contributed by atoms with van der Waals surface area (Å²) in [7, 11) is -3.59. The van der Waals surface area contributed by atoms with Crippen LogP contribution in [0.1, 0.15) is 35.9 Å². The van der Waals surface area contributed by atoms with Crippen LogP contribution in [-0.4, -0.2) is 25.9 Å². The van der Waals surface area contributed by atoms with Crippen LogP contribution >= 0.6 is 0 Å². The van der Waals surface area contributed by atoms with Crippen molar-refractivity contribution < 1.29 is 13.2 Å². The second-order valence-electron chi connectivity index (χ2n) is 4.98. The molecule has 2 N–H and O–H groups in total.